The first kappa shape index (κ1) is 24.2. The second-order valence-electron chi connectivity index (χ2n) is 6.85. The van der Waals surface area contributed by atoms with Gasteiger partial charge in [0.05, 0.1) is 12.8 Å². The molecule has 0 atom stereocenters. The van der Waals surface area contributed by atoms with Gasteiger partial charge in [-0.2, -0.15) is 0 Å². The number of hydrogen-bond donors (Lipinski definition) is 0. The van der Waals surface area contributed by atoms with Gasteiger partial charge in [-0.15, -0.1) is 0 Å². The van der Waals surface area contributed by atoms with E-state index in [9.17, 15) is 9.59 Å². The van der Waals surface area contributed by atoms with Crippen molar-refractivity contribution in [2.45, 2.75) is 77.7 Å². The van der Waals surface area contributed by atoms with Crippen LogP contribution in [0, 0.1) is 0 Å². The minimum absolute atomic E-state index is 0.0220. The third kappa shape index (κ3) is 13.4. The molecule has 0 amide bonds. The zero-order chi connectivity index (χ0) is 20.5. The Morgan fingerprint density at radius 3 is 2.14 bits per heavy atom. The molecule has 0 radical (unpaired) electrons. The molecule has 0 bridgehead atoms. The van der Waals surface area contributed by atoms with E-state index in [0.29, 0.717) is 5.02 Å². The molecule has 0 unspecified atom stereocenters. The van der Waals surface area contributed by atoms with Crippen LogP contribution >= 0.6 is 11.6 Å². The summed E-state index contributed by atoms with van der Waals surface area (Å²) in [6.45, 7) is 2.66. The molecule has 1 aromatic carbocycles. The molecule has 0 saturated carbocycles. The van der Waals surface area contributed by atoms with Gasteiger partial charge in [0.15, 0.2) is 0 Å². The van der Waals surface area contributed by atoms with E-state index in [4.69, 9.17) is 21.1 Å². The van der Waals surface area contributed by atoms with Crippen LogP contribution < -0.4 is 0 Å². The van der Waals surface area contributed by atoms with Gasteiger partial charge in [0.2, 0.25) is 0 Å². The Morgan fingerprint density at radius 2 is 1.46 bits per heavy atom. The number of carbonyl (C=O) groups is 2. The molecular formula is C23H33ClO4. The molecule has 156 valence electrons. The number of ether oxygens (including phenoxy) is 2. The highest BCUT2D eigenvalue weighted by molar-refractivity contribution is 6.30. The molecule has 0 N–H and O–H groups in total. The molecule has 0 saturated heterocycles. The third-order valence-corrected chi connectivity index (χ3v) is 4.58. The summed E-state index contributed by atoms with van der Waals surface area (Å²) >= 11 is 5.80. The van der Waals surface area contributed by atoms with E-state index < -0.39 is 5.97 Å². The molecule has 1 rings (SSSR count). The van der Waals surface area contributed by atoms with E-state index in [1.54, 1.807) is 24.3 Å². The number of rotatable bonds is 15. The summed E-state index contributed by atoms with van der Waals surface area (Å²) in [7, 11) is 0. The smallest absolute Gasteiger partial charge is 0.306 e. The number of allylic oxidation sites excluding steroid dienone is 1. The van der Waals surface area contributed by atoms with Crippen molar-refractivity contribution in [1.29, 1.82) is 0 Å². The highest BCUT2D eigenvalue weighted by Crippen LogP contribution is 2.11. The van der Waals surface area contributed by atoms with Crippen molar-refractivity contribution >= 4 is 23.5 Å². The maximum Gasteiger partial charge on any atom is 0.306 e. The van der Waals surface area contributed by atoms with Gasteiger partial charge in [0.25, 0.3) is 0 Å². The summed E-state index contributed by atoms with van der Waals surface area (Å²) in [6.07, 6.45) is 14.0. The van der Waals surface area contributed by atoms with Gasteiger partial charge >= 0.3 is 11.9 Å². The lowest BCUT2D eigenvalue weighted by Gasteiger charge is -2.05. The molecule has 0 fully saturated rings. The number of benzene rings is 1. The number of hydrogen-bond acceptors (Lipinski definition) is 4. The fourth-order valence-electron chi connectivity index (χ4n) is 2.64. The van der Waals surface area contributed by atoms with Crippen LogP contribution in [0.25, 0.3) is 0 Å². The van der Waals surface area contributed by atoms with Crippen LogP contribution in [0.3, 0.4) is 0 Å². The number of carbonyl (C=O) groups excluding carboxylic acids is 2. The summed E-state index contributed by atoms with van der Waals surface area (Å²) < 4.78 is 10.2. The summed E-state index contributed by atoms with van der Waals surface area (Å²) in [5, 5.41) is 0.634. The summed E-state index contributed by atoms with van der Waals surface area (Å²) in [6, 6.07) is 7.07. The van der Waals surface area contributed by atoms with Crippen LogP contribution in [0.1, 0.15) is 76.7 Å². The molecule has 0 aliphatic heterocycles. The maximum atomic E-state index is 11.7. The fourth-order valence-corrected chi connectivity index (χ4v) is 2.77. The van der Waals surface area contributed by atoms with Crippen molar-refractivity contribution < 1.29 is 19.1 Å². The van der Waals surface area contributed by atoms with Crippen LogP contribution in [-0.2, 0) is 25.7 Å². The Morgan fingerprint density at radius 1 is 0.857 bits per heavy atom. The van der Waals surface area contributed by atoms with Gasteiger partial charge in [0.1, 0.15) is 13.2 Å². The molecule has 5 heteroatoms. The summed E-state index contributed by atoms with van der Waals surface area (Å²) in [5.41, 5.74) is 0.853. The number of halogens is 1. The second kappa shape index (κ2) is 16.2. The topological polar surface area (TPSA) is 52.6 Å². The second-order valence-corrected chi connectivity index (χ2v) is 7.29. The van der Waals surface area contributed by atoms with Gasteiger partial charge in [-0.1, -0.05) is 81.3 Å². The Balaban J connectivity index is 1.98. The predicted molar refractivity (Wildman–Crippen MR) is 113 cm³/mol. The molecular weight excluding hydrogens is 376 g/mol. The minimum Gasteiger partial charge on any atom is -0.461 e. The normalized spacial score (nSPS) is 10.9. The van der Waals surface area contributed by atoms with Crippen LogP contribution in [-0.4, -0.2) is 18.5 Å². The summed E-state index contributed by atoms with van der Waals surface area (Å²) in [4.78, 5) is 23.3. The largest absolute Gasteiger partial charge is 0.461 e. The zero-order valence-corrected chi connectivity index (χ0v) is 17.7. The highest BCUT2D eigenvalue weighted by Gasteiger charge is 2.09. The Bertz CT molecular complexity index is 581. The monoisotopic (exact) mass is 408 g/mol. The first-order valence-corrected chi connectivity index (χ1v) is 10.7. The molecule has 28 heavy (non-hydrogen) atoms. The fraction of sp³-hybridized carbons (Fsp3) is 0.565. The quantitative estimate of drug-likeness (QED) is 0.191. The predicted octanol–water partition coefficient (Wildman–Crippen LogP) is 6.40. The van der Waals surface area contributed by atoms with Crippen molar-refractivity contribution in [2.24, 2.45) is 0 Å². The SMILES string of the molecule is CCCCCCCCC/C=C/COC(=O)CCC(=O)OCc1ccc(Cl)cc1. The van der Waals surface area contributed by atoms with Gasteiger partial charge in [-0.25, -0.2) is 0 Å². The lowest BCUT2D eigenvalue weighted by Crippen LogP contribution is -2.10. The molecule has 0 aliphatic rings. The van der Waals surface area contributed by atoms with Crippen molar-refractivity contribution in [3.8, 4) is 0 Å². The van der Waals surface area contributed by atoms with Crippen molar-refractivity contribution in [2.75, 3.05) is 6.61 Å². The van der Waals surface area contributed by atoms with Crippen molar-refractivity contribution in [3.63, 3.8) is 0 Å². The Labute approximate surface area is 174 Å². The van der Waals surface area contributed by atoms with E-state index in [2.05, 4.69) is 13.0 Å². The first-order chi connectivity index (χ1) is 13.6. The standard InChI is InChI=1S/C23H33ClO4/c1-2-3-4-5-6-7-8-9-10-11-18-27-22(25)16-17-23(26)28-19-20-12-14-21(24)15-13-20/h10-15H,2-9,16-19H2,1H3/b11-10+. The molecule has 1 aromatic rings. The van der Waals surface area contributed by atoms with Gasteiger partial charge < -0.3 is 9.47 Å². The van der Waals surface area contributed by atoms with E-state index >= 15 is 0 Å². The van der Waals surface area contributed by atoms with E-state index in [1.807, 2.05) is 6.08 Å². The van der Waals surface area contributed by atoms with Crippen LogP contribution in [0.5, 0.6) is 0 Å². The van der Waals surface area contributed by atoms with Crippen LogP contribution in [0.15, 0.2) is 36.4 Å². The number of esters is 2. The highest BCUT2D eigenvalue weighted by atomic mass is 35.5. The average Bonchev–Trinajstić information content (AvgIpc) is 2.70. The maximum absolute atomic E-state index is 11.7. The van der Waals surface area contributed by atoms with Gasteiger partial charge in [-0.3, -0.25) is 9.59 Å². The van der Waals surface area contributed by atoms with Crippen molar-refractivity contribution in [1.82, 2.24) is 0 Å². The molecule has 0 aliphatic carbocycles. The van der Waals surface area contributed by atoms with Crippen LogP contribution in [0.2, 0.25) is 5.02 Å². The molecule has 0 aromatic heterocycles. The minimum atomic E-state index is -0.415. The number of unbranched alkanes of at least 4 members (excludes halogenated alkanes) is 7. The molecule has 4 nitrogen and oxygen atoms in total. The lowest BCUT2D eigenvalue weighted by molar-refractivity contribution is -0.150. The zero-order valence-electron chi connectivity index (χ0n) is 17.0. The van der Waals surface area contributed by atoms with Crippen LogP contribution in [0.4, 0.5) is 0 Å². The van der Waals surface area contributed by atoms with E-state index in [1.165, 1.54) is 44.9 Å². The average molecular weight is 409 g/mol. The van der Waals surface area contributed by atoms with Gasteiger partial charge in [0, 0.05) is 5.02 Å². The third-order valence-electron chi connectivity index (χ3n) is 4.33. The lowest BCUT2D eigenvalue weighted by atomic mass is 10.1. The molecule has 0 heterocycles. The Kier molecular flexibility index (Phi) is 14.0. The van der Waals surface area contributed by atoms with E-state index in [-0.39, 0.29) is 32.0 Å². The first-order valence-electron chi connectivity index (χ1n) is 10.3. The van der Waals surface area contributed by atoms with Crippen molar-refractivity contribution in [3.05, 3.63) is 47.0 Å². The van der Waals surface area contributed by atoms with E-state index in [0.717, 1.165) is 12.0 Å². The Hall–Kier alpha value is -1.81. The van der Waals surface area contributed by atoms with Gasteiger partial charge in [-0.05, 0) is 30.5 Å². The molecule has 0 spiro atoms. The summed E-state index contributed by atoms with van der Waals surface area (Å²) in [5.74, 6) is -0.801.